The van der Waals surface area contributed by atoms with Crippen LogP contribution in [0.2, 0.25) is 0 Å². The molecule has 2 N–H and O–H groups in total. The zero-order chi connectivity index (χ0) is 11.0. The van der Waals surface area contributed by atoms with Gasteiger partial charge in [0, 0.05) is 29.7 Å². The lowest BCUT2D eigenvalue weighted by atomic mass is 10.1. The Bertz CT molecular complexity index is 516. The quantitative estimate of drug-likeness (QED) is 0.776. The van der Waals surface area contributed by atoms with Gasteiger partial charge >= 0.3 is 5.97 Å². The van der Waals surface area contributed by atoms with E-state index in [-0.39, 0.29) is 0 Å². The van der Waals surface area contributed by atoms with Crippen LogP contribution in [0.3, 0.4) is 0 Å². The Balaban J connectivity index is 2.67. The molecule has 0 amide bonds. The van der Waals surface area contributed by atoms with Gasteiger partial charge in [0.1, 0.15) is 0 Å². The number of aliphatic hydroxyl groups is 1. The summed E-state index contributed by atoms with van der Waals surface area (Å²) in [5, 5.41) is 19.0. The monoisotopic (exact) mass is 205 g/mol. The molecule has 1 unspecified atom stereocenters. The Kier molecular flexibility index (Phi) is 2.21. The number of hydrogen-bond donors (Lipinski definition) is 2. The van der Waals surface area contributed by atoms with Crippen molar-refractivity contribution in [3.05, 3.63) is 36.0 Å². The predicted molar refractivity (Wildman–Crippen MR) is 55.5 cm³/mol. The fourth-order valence-electron chi connectivity index (χ4n) is 1.72. The number of aromatic nitrogens is 1. The largest absolute Gasteiger partial charge is 0.479 e. The summed E-state index contributed by atoms with van der Waals surface area (Å²) < 4.78 is 1.80. The summed E-state index contributed by atoms with van der Waals surface area (Å²) in [6.07, 6.45) is 0.180. The van der Waals surface area contributed by atoms with Gasteiger partial charge in [0.25, 0.3) is 0 Å². The van der Waals surface area contributed by atoms with Gasteiger partial charge in [-0.3, -0.25) is 0 Å². The van der Waals surface area contributed by atoms with Crippen LogP contribution in [0.1, 0.15) is 11.7 Å². The number of hydrogen-bond acceptors (Lipinski definition) is 2. The summed E-state index contributed by atoms with van der Waals surface area (Å²) in [7, 11) is 1.82. The molecule has 1 atom stereocenters. The van der Waals surface area contributed by atoms with Crippen molar-refractivity contribution in [2.45, 2.75) is 6.10 Å². The summed E-state index contributed by atoms with van der Waals surface area (Å²) in [4.78, 5) is 10.7. The molecule has 0 fully saturated rings. The maximum absolute atomic E-state index is 10.7. The maximum Gasteiger partial charge on any atom is 0.337 e. The average molecular weight is 205 g/mol. The van der Waals surface area contributed by atoms with Gasteiger partial charge in [0.15, 0.2) is 6.10 Å². The average Bonchev–Trinajstić information content (AvgIpc) is 2.56. The minimum atomic E-state index is -1.46. The molecule has 0 aliphatic carbocycles. The first kappa shape index (κ1) is 9.73. The highest BCUT2D eigenvalue weighted by Gasteiger charge is 2.20. The summed E-state index contributed by atoms with van der Waals surface area (Å²) in [5.41, 5.74) is 1.34. The number of para-hydroxylation sites is 1. The molecule has 15 heavy (non-hydrogen) atoms. The highest BCUT2D eigenvalue weighted by Crippen LogP contribution is 2.25. The molecule has 1 aromatic carbocycles. The van der Waals surface area contributed by atoms with E-state index in [4.69, 9.17) is 5.11 Å². The first-order chi connectivity index (χ1) is 7.11. The Morgan fingerprint density at radius 2 is 2.07 bits per heavy atom. The van der Waals surface area contributed by atoms with Crippen LogP contribution in [-0.2, 0) is 11.8 Å². The summed E-state index contributed by atoms with van der Waals surface area (Å²) in [6, 6.07) is 7.38. The molecular formula is C11H11NO3. The van der Waals surface area contributed by atoms with E-state index in [1.165, 1.54) is 0 Å². The number of carbonyl (C=O) groups is 1. The topological polar surface area (TPSA) is 62.5 Å². The van der Waals surface area contributed by atoms with Crippen molar-refractivity contribution in [2.75, 3.05) is 0 Å². The minimum absolute atomic E-state index is 0.431. The number of aliphatic carboxylic acids is 1. The van der Waals surface area contributed by atoms with E-state index in [1.807, 2.05) is 25.2 Å². The first-order valence-corrected chi connectivity index (χ1v) is 4.56. The van der Waals surface area contributed by atoms with Crippen molar-refractivity contribution in [1.29, 1.82) is 0 Å². The Morgan fingerprint density at radius 3 is 2.73 bits per heavy atom. The van der Waals surface area contributed by atoms with Gasteiger partial charge in [-0.2, -0.15) is 0 Å². The van der Waals surface area contributed by atoms with E-state index in [0.717, 1.165) is 10.9 Å². The highest BCUT2D eigenvalue weighted by molar-refractivity contribution is 5.88. The van der Waals surface area contributed by atoms with Crippen LogP contribution in [0, 0.1) is 0 Å². The molecule has 0 saturated heterocycles. The van der Waals surface area contributed by atoms with Crippen LogP contribution >= 0.6 is 0 Å². The Morgan fingerprint density at radius 1 is 1.40 bits per heavy atom. The molecule has 2 aromatic rings. The molecule has 0 radical (unpaired) electrons. The van der Waals surface area contributed by atoms with Gasteiger partial charge in [-0.15, -0.1) is 0 Å². The molecule has 0 saturated carbocycles. The van der Waals surface area contributed by atoms with Gasteiger partial charge < -0.3 is 14.8 Å². The number of rotatable bonds is 2. The number of aryl methyl sites for hydroxylation is 1. The highest BCUT2D eigenvalue weighted by atomic mass is 16.4. The van der Waals surface area contributed by atoms with Gasteiger partial charge in [-0.05, 0) is 6.07 Å². The molecule has 4 nitrogen and oxygen atoms in total. The SMILES string of the molecule is Cn1cc(C(O)C(=O)O)c2ccccc21. The third kappa shape index (κ3) is 1.49. The van der Waals surface area contributed by atoms with Crippen LogP contribution in [-0.4, -0.2) is 20.7 Å². The predicted octanol–water partition coefficient (Wildman–Crippen LogP) is 1.30. The second-order valence-corrected chi connectivity index (χ2v) is 3.45. The number of benzene rings is 1. The number of carboxylic acid groups (broad SMARTS) is 1. The smallest absolute Gasteiger partial charge is 0.337 e. The fraction of sp³-hybridized carbons (Fsp3) is 0.182. The number of fused-ring (bicyclic) bond motifs is 1. The number of aliphatic hydroxyl groups excluding tert-OH is 1. The normalized spacial score (nSPS) is 12.9. The standard InChI is InChI=1S/C11H11NO3/c1-12-6-8(10(13)11(14)15)7-4-2-3-5-9(7)12/h2-6,10,13H,1H3,(H,14,15). The van der Waals surface area contributed by atoms with Crippen LogP contribution in [0.15, 0.2) is 30.5 Å². The van der Waals surface area contributed by atoms with Crippen molar-refractivity contribution in [1.82, 2.24) is 4.57 Å². The Labute approximate surface area is 86.4 Å². The Hall–Kier alpha value is -1.81. The molecular weight excluding hydrogens is 194 g/mol. The maximum atomic E-state index is 10.7. The third-order valence-electron chi connectivity index (χ3n) is 2.46. The molecule has 0 spiro atoms. The van der Waals surface area contributed by atoms with E-state index >= 15 is 0 Å². The molecule has 1 heterocycles. The second kappa shape index (κ2) is 3.40. The first-order valence-electron chi connectivity index (χ1n) is 4.56. The van der Waals surface area contributed by atoms with Crippen LogP contribution in [0.5, 0.6) is 0 Å². The summed E-state index contributed by atoms with van der Waals surface area (Å²) in [6.45, 7) is 0. The van der Waals surface area contributed by atoms with Gasteiger partial charge in [-0.25, -0.2) is 4.79 Å². The van der Waals surface area contributed by atoms with Crippen molar-refractivity contribution in [3.8, 4) is 0 Å². The summed E-state index contributed by atoms with van der Waals surface area (Å²) >= 11 is 0. The van der Waals surface area contributed by atoms with Crippen molar-refractivity contribution in [2.24, 2.45) is 7.05 Å². The molecule has 78 valence electrons. The van der Waals surface area contributed by atoms with Gasteiger partial charge in [0.2, 0.25) is 0 Å². The fourth-order valence-corrected chi connectivity index (χ4v) is 1.72. The van der Waals surface area contributed by atoms with E-state index in [9.17, 15) is 9.90 Å². The molecule has 2 rings (SSSR count). The lowest BCUT2D eigenvalue weighted by molar-refractivity contribution is -0.146. The van der Waals surface area contributed by atoms with Crippen molar-refractivity contribution < 1.29 is 15.0 Å². The molecule has 0 aliphatic heterocycles. The third-order valence-corrected chi connectivity index (χ3v) is 2.46. The van der Waals surface area contributed by atoms with Crippen LogP contribution < -0.4 is 0 Å². The lowest BCUT2D eigenvalue weighted by Gasteiger charge is -2.02. The van der Waals surface area contributed by atoms with E-state index in [0.29, 0.717) is 5.56 Å². The van der Waals surface area contributed by atoms with E-state index in [2.05, 4.69) is 0 Å². The van der Waals surface area contributed by atoms with E-state index < -0.39 is 12.1 Å². The zero-order valence-electron chi connectivity index (χ0n) is 8.21. The number of nitrogens with zero attached hydrogens (tertiary/aromatic N) is 1. The van der Waals surface area contributed by atoms with Crippen molar-refractivity contribution in [3.63, 3.8) is 0 Å². The minimum Gasteiger partial charge on any atom is -0.479 e. The zero-order valence-corrected chi connectivity index (χ0v) is 8.21. The molecule has 4 heteroatoms. The molecule has 0 bridgehead atoms. The molecule has 0 aliphatic rings. The van der Waals surface area contributed by atoms with Crippen LogP contribution in [0.4, 0.5) is 0 Å². The van der Waals surface area contributed by atoms with Gasteiger partial charge in [-0.1, -0.05) is 18.2 Å². The lowest BCUT2D eigenvalue weighted by Crippen LogP contribution is -2.09. The van der Waals surface area contributed by atoms with Crippen LogP contribution in [0.25, 0.3) is 10.9 Å². The van der Waals surface area contributed by atoms with E-state index in [1.54, 1.807) is 16.8 Å². The number of carboxylic acids is 1. The van der Waals surface area contributed by atoms with Gasteiger partial charge in [0.05, 0.1) is 0 Å². The van der Waals surface area contributed by atoms with Crippen molar-refractivity contribution >= 4 is 16.9 Å². The second-order valence-electron chi connectivity index (χ2n) is 3.45. The summed E-state index contributed by atoms with van der Waals surface area (Å²) in [5.74, 6) is -1.23. The molecule has 1 aromatic heterocycles.